The van der Waals surface area contributed by atoms with E-state index in [1.54, 1.807) is 0 Å². The first-order valence-corrected chi connectivity index (χ1v) is 1.95. The Hall–Kier alpha value is 3.24. The van der Waals surface area contributed by atoms with Crippen molar-refractivity contribution in [1.82, 2.24) is 0 Å². The van der Waals surface area contributed by atoms with Crippen LogP contribution < -0.4 is 0 Å². The van der Waals surface area contributed by atoms with Crippen LogP contribution in [0.5, 0.6) is 0 Å². The van der Waals surface area contributed by atoms with Crippen molar-refractivity contribution in [3.05, 3.63) is 0 Å². The summed E-state index contributed by atoms with van der Waals surface area (Å²) >= 11 is 0. The Bertz CT molecular complexity index is 58.4. The van der Waals surface area contributed by atoms with Gasteiger partial charge in [0.05, 0.1) is 0 Å². The molecule has 0 rings (SSSR count). The standard InChI is InChI=1S/Al.Ca.Fe.GeH4.Mg.H2O3Si.7H/c;;;;;1-4(2)3;;;;;;;/h;;;1H4;;1-2H;;;;;;;/q;+2;;;+2;;;;;4*-1. The molecule has 0 aliphatic rings. The van der Waals surface area contributed by atoms with Crippen molar-refractivity contribution >= 4 is 105 Å². The minimum Gasteiger partial charge on any atom is -1.00 e. The molecule has 0 aromatic rings. The van der Waals surface area contributed by atoms with Crippen LogP contribution in [0.3, 0.4) is 0 Å². The van der Waals surface area contributed by atoms with Crippen molar-refractivity contribution in [3.8, 4) is 0 Å². The Morgan fingerprint density at radius 1 is 1.33 bits per heavy atom. The summed E-state index contributed by atoms with van der Waals surface area (Å²) in [5, 5.41) is 0. The van der Waals surface area contributed by atoms with Crippen LogP contribution in [0.2, 0.25) is 0 Å². The van der Waals surface area contributed by atoms with Crippen LogP contribution in [0.4, 0.5) is 0 Å². The molecule has 0 aromatic carbocycles. The summed E-state index contributed by atoms with van der Waals surface area (Å²) in [6.45, 7) is 0. The van der Waals surface area contributed by atoms with Gasteiger partial charge in [0.2, 0.25) is 0 Å². The van der Waals surface area contributed by atoms with Gasteiger partial charge in [0.25, 0.3) is 0 Å². The van der Waals surface area contributed by atoms with Gasteiger partial charge in [-0.15, -0.1) is 0 Å². The van der Waals surface area contributed by atoms with Gasteiger partial charge < -0.3 is 15.3 Å². The zero-order valence-electron chi connectivity index (χ0n) is 7.57. The average molecular weight is 309 g/mol. The number of hydrogen-bond donors (Lipinski definition) is 2. The molecule has 9 heteroatoms. The monoisotopic (exact) mass is 310 g/mol. The second-order valence-electron chi connectivity index (χ2n) is 0.283. The van der Waals surface area contributed by atoms with E-state index in [0.29, 0.717) is 0 Å². The van der Waals surface area contributed by atoms with E-state index < -0.39 is 9.17 Å². The average Bonchev–Trinajstić information content (AvgIpc) is 0.811. The molecule has 0 fully saturated rings. The van der Waals surface area contributed by atoms with E-state index in [0.717, 1.165) is 0 Å². The summed E-state index contributed by atoms with van der Waals surface area (Å²) < 4.78 is 8.74. The van der Waals surface area contributed by atoms with Crippen LogP contribution >= 0.6 is 0 Å². The van der Waals surface area contributed by atoms with E-state index in [1.807, 2.05) is 0 Å². The summed E-state index contributed by atoms with van der Waals surface area (Å²) in [6.07, 6.45) is 0. The van der Waals surface area contributed by atoms with E-state index in [-0.39, 0.29) is 119 Å². The maximum atomic E-state index is 8.74. The van der Waals surface area contributed by atoms with Gasteiger partial charge in [-0.3, -0.25) is 4.46 Å². The van der Waals surface area contributed by atoms with Crippen molar-refractivity contribution in [1.29, 1.82) is 0 Å². The fourth-order valence-corrected chi connectivity index (χ4v) is 0. The van der Waals surface area contributed by atoms with Crippen LogP contribution in [0.1, 0.15) is 5.71 Å². The number of rotatable bonds is 0. The van der Waals surface area contributed by atoms with Gasteiger partial charge in [-0.2, -0.15) is 0 Å². The molecule has 0 atom stereocenters. The third kappa shape index (κ3) is 91.5. The van der Waals surface area contributed by atoms with Crippen LogP contribution in [0.25, 0.3) is 0 Å². The van der Waals surface area contributed by atoms with Crippen molar-refractivity contribution < 1.29 is 36.8 Å². The maximum absolute atomic E-state index is 8.74. The molecule has 0 aliphatic heterocycles. The van der Waals surface area contributed by atoms with Crippen LogP contribution in [-0.2, 0) is 21.5 Å². The molecule has 0 saturated heterocycles. The molecule has 54 valence electrons. The SMILES string of the molecule is O=[Si](O)O.[AlH3].[Ca+2].[Fe].[GeH4].[H-].[H-].[H-].[H-].[Mg+2]. The van der Waals surface area contributed by atoms with Gasteiger partial charge in [-0.1, -0.05) is 0 Å². The minimum absolute atomic E-state index is 0. The van der Waals surface area contributed by atoms with Crippen LogP contribution in [0.15, 0.2) is 0 Å². The van der Waals surface area contributed by atoms with E-state index in [2.05, 4.69) is 0 Å². The summed E-state index contributed by atoms with van der Waals surface area (Å²) in [6, 6.07) is 0. The predicted octanol–water partition coefficient (Wildman–Crippen LogP) is -4.56. The van der Waals surface area contributed by atoms with Crippen LogP contribution in [0, 0.1) is 0 Å². The molecule has 0 radical (unpaired) electrons. The molecule has 0 saturated carbocycles. The predicted molar refractivity (Wildman–Crippen MR) is 48.1 cm³/mol. The summed E-state index contributed by atoms with van der Waals surface area (Å²) in [5.74, 6) is 0. The Morgan fingerprint density at radius 3 is 1.33 bits per heavy atom. The van der Waals surface area contributed by atoms with Crippen LogP contribution in [-0.4, -0.2) is 115 Å². The molecular weight excluding hydrogens is 296 g/mol. The van der Waals surface area contributed by atoms with E-state index in [4.69, 9.17) is 14.1 Å². The molecule has 0 aromatic heterocycles. The van der Waals surface area contributed by atoms with E-state index in [9.17, 15) is 0 Å². The Labute approximate surface area is 139 Å². The fraction of sp³-hybridized carbons (Fsp3) is 0. The third-order valence-corrected chi connectivity index (χ3v) is 0. The van der Waals surface area contributed by atoms with Gasteiger partial charge in [-0.05, 0) is 0 Å². The summed E-state index contributed by atoms with van der Waals surface area (Å²) in [5.41, 5.74) is 0. The Morgan fingerprint density at radius 2 is 1.33 bits per heavy atom. The van der Waals surface area contributed by atoms with Gasteiger partial charge in [0.1, 0.15) is 0 Å². The normalized spacial score (nSPS) is 2.67. The van der Waals surface area contributed by atoms with Gasteiger partial charge in [-0.25, -0.2) is 0 Å². The third-order valence-electron chi connectivity index (χ3n) is 0. The molecule has 0 bridgehead atoms. The van der Waals surface area contributed by atoms with Gasteiger partial charge in [0, 0.05) is 17.1 Å². The van der Waals surface area contributed by atoms with Crippen molar-refractivity contribution in [2.75, 3.05) is 0 Å². The first kappa shape index (κ1) is 39.7. The molecule has 9 heavy (non-hydrogen) atoms. The zero-order valence-corrected chi connectivity index (χ0v) is 9.30. The summed E-state index contributed by atoms with van der Waals surface area (Å²) in [4.78, 5) is 14.3. The maximum Gasteiger partial charge on any atom is 2.00 e. The fourth-order valence-electron chi connectivity index (χ4n) is 0. The summed E-state index contributed by atoms with van der Waals surface area (Å²) in [7, 11) is -3.13. The Kier molecular flexibility index (Phi) is 134. The molecule has 0 heterocycles. The van der Waals surface area contributed by atoms with Crippen molar-refractivity contribution in [2.24, 2.45) is 0 Å². The minimum atomic E-state index is -3.13. The topological polar surface area (TPSA) is 57.5 Å². The molecule has 0 aliphatic carbocycles. The van der Waals surface area contributed by atoms with E-state index in [1.165, 1.54) is 0 Å². The largest absolute Gasteiger partial charge is 2.00 e. The van der Waals surface area contributed by atoms with E-state index >= 15 is 0 Å². The quantitative estimate of drug-likeness (QED) is 0.443. The first-order valence-electron chi connectivity index (χ1n) is 0.651. The second-order valence-corrected chi connectivity index (χ2v) is 0.848. The number of hydrogen-bond acceptors (Lipinski definition) is 1. The zero-order chi connectivity index (χ0) is 3.58. The molecular formula is H13AlCaFeGeMgO3Si. The van der Waals surface area contributed by atoms with Gasteiger partial charge >= 0.3 is 87.6 Å². The molecule has 0 unspecified atom stereocenters. The molecule has 0 spiro atoms. The first-order chi connectivity index (χ1) is 1.73. The van der Waals surface area contributed by atoms with Crippen molar-refractivity contribution in [2.45, 2.75) is 0 Å². The molecule has 0 amide bonds. The second kappa shape index (κ2) is 30.3. The van der Waals surface area contributed by atoms with Crippen molar-refractivity contribution in [3.63, 3.8) is 0 Å². The van der Waals surface area contributed by atoms with Gasteiger partial charge in [0.15, 0.2) is 17.4 Å². The Balaban J connectivity index is -0.00000000125. The molecule has 2 N–H and O–H groups in total. The smallest absolute Gasteiger partial charge is 1.00 e. The molecule has 3 nitrogen and oxygen atoms in total.